The molecule has 0 fully saturated rings. The number of hydrogen-bond acceptors (Lipinski definition) is 2. The number of amidine groups is 1. The fourth-order valence-electron chi connectivity index (χ4n) is 1.67. The molecule has 0 radical (unpaired) electrons. The number of unbranched alkanes of at least 4 members (excludes halogenated alkanes) is 2. The predicted octanol–water partition coefficient (Wildman–Crippen LogP) is 2.77. The maximum atomic E-state index is 4.49. The molecule has 0 bridgehead atoms. The molecule has 0 aromatic rings. The van der Waals surface area contributed by atoms with Gasteiger partial charge >= 0.3 is 0 Å². The standard InChI is InChI=1S/C13H24N2Si/c1-15-11-10-14-13(15)9-7-5-6-8-12-16(2,3)4/h5-7,9-11H2,1-4H3. The first-order valence-electron chi connectivity index (χ1n) is 6.23. The Morgan fingerprint density at radius 1 is 1.31 bits per heavy atom. The van der Waals surface area contributed by atoms with E-state index in [1.807, 2.05) is 0 Å². The minimum Gasteiger partial charge on any atom is -0.362 e. The fourth-order valence-corrected chi connectivity index (χ4v) is 2.33. The first kappa shape index (κ1) is 13.3. The van der Waals surface area contributed by atoms with Crippen LogP contribution in [-0.4, -0.2) is 38.9 Å². The molecule has 0 saturated carbocycles. The molecule has 1 aliphatic heterocycles. The second-order valence-electron chi connectivity index (χ2n) is 5.48. The van der Waals surface area contributed by atoms with E-state index in [4.69, 9.17) is 0 Å². The summed E-state index contributed by atoms with van der Waals surface area (Å²) in [5.74, 6) is 4.61. The number of rotatable bonds is 4. The van der Waals surface area contributed by atoms with Crippen molar-refractivity contribution in [3.05, 3.63) is 0 Å². The van der Waals surface area contributed by atoms with Crippen LogP contribution in [0.1, 0.15) is 25.7 Å². The maximum absolute atomic E-state index is 4.49. The van der Waals surface area contributed by atoms with Gasteiger partial charge in [0, 0.05) is 26.4 Å². The highest BCUT2D eigenvalue weighted by Crippen LogP contribution is 2.07. The summed E-state index contributed by atoms with van der Waals surface area (Å²) in [5, 5.41) is 0. The molecule has 2 nitrogen and oxygen atoms in total. The van der Waals surface area contributed by atoms with Gasteiger partial charge in [0.15, 0.2) is 0 Å². The molecule has 0 amide bonds. The smallest absolute Gasteiger partial charge is 0.129 e. The third-order valence-corrected chi connectivity index (χ3v) is 3.51. The topological polar surface area (TPSA) is 15.6 Å². The van der Waals surface area contributed by atoms with Gasteiger partial charge in [-0.25, -0.2) is 0 Å². The van der Waals surface area contributed by atoms with E-state index in [2.05, 4.69) is 48.0 Å². The average Bonchev–Trinajstić information content (AvgIpc) is 2.56. The number of aliphatic imine (C=N–C) groups is 1. The lowest BCUT2D eigenvalue weighted by atomic mass is 10.2. The zero-order chi connectivity index (χ0) is 12.0. The molecule has 0 aromatic carbocycles. The number of hydrogen-bond donors (Lipinski definition) is 0. The van der Waals surface area contributed by atoms with Crippen LogP contribution < -0.4 is 0 Å². The minimum atomic E-state index is -1.15. The monoisotopic (exact) mass is 236 g/mol. The Morgan fingerprint density at radius 3 is 2.62 bits per heavy atom. The summed E-state index contributed by atoms with van der Waals surface area (Å²) >= 11 is 0. The van der Waals surface area contributed by atoms with Crippen LogP contribution in [0.3, 0.4) is 0 Å². The first-order chi connectivity index (χ1) is 7.49. The third kappa shape index (κ3) is 5.36. The van der Waals surface area contributed by atoms with E-state index >= 15 is 0 Å². The van der Waals surface area contributed by atoms with E-state index in [1.54, 1.807) is 0 Å². The number of nitrogens with zero attached hydrogens (tertiary/aromatic N) is 2. The average molecular weight is 236 g/mol. The summed E-state index contributed by atoms with van der Waals surface area (Å²) in [6, 6.07) is 0. The van der Waals surface area contributed by atoms with Crippen molar-refractivity contribution in [2.24, 2.45) is 4.99 Å². The van der Waals surface area contributed by atoms with Crippen LogP contribution in [0.4, 0.5) is 0 Å². The van der Waals surface area contributed by atoms with Crippen LogP contribution >= 0.6 is 0 Å². The highest BCUT2D eigenvalue weighted by Gasteiger charge is 2.11. The quantitative estimate of drug-likeness (QED) is 0.416. The summed E-state index contributed by atoms with van der Waals surface area (Å²) in [6.45, 7) is 8.97. The van der Waals surface area contributed by atoms with Crippen LogP contribution in [-0.2, 0) is 0 Å². The molecule has 0 atom stereocenters. The largest absolute Gasteiger partial charge is 0.362 e. The Labute approximate surface area is 101 Å². The van der Waals surface area contributed by atoms with E-state index in [0.29, 0.717) is 0 Å². The lowest BCUT2D eigenvalue weighted by Crippen LogP contribution is -2.22. The molecule has 90 valence electrons. The van der Waals surface area contributed by atoms with Crippen molar-refractivity contribution < 1.29 is 0 Å². The highest BCUT2D eigenvalue weighted by molar-refractivity contribution is 6.83. The van der Waals surface area contributed by atoms with Gasteiger partial charge < -0.3 is 4.90 Å². The van der Waals surface area contributed by atoms with E-state index in [0.717, 1.165) is 25.9 Å². The summed E-state index contributed by atoms with van der Waals surface area (Å²) < 4.78 is 0. The zero-order valence-corrected chi connectivity index (χ0v) is 12.1. The molecule has 0 unspecified atom stereocenters. The van der Waals surface area contributed by atoms with E-state index in [-0.39, 0.29) is 0 Å². The summed E-state index contributed by atoms with van der Waals surface area (Å²) in [5.41, 5.74) is 3.41. The van der Waals surface area contributed by atoms with Gasteiger partial charge in [-0.3, -0.25) is 4.99 Å². The van der Waals surface area contributed by atoms with Crippen LogP contribution in [0.2, 0.25) is 19.6 Å². The fraction of sp³-hybridized carbons (Fsp3) is 0.769. The molecular weight excluding hydrogens is 212 g/mol. The van der Waals surface area contributed by atoms with Gasteiger partial charge in [-0.05, 0) is 12.8 Å². The van der Waals surface area contributed by atoms with Crippen molar-refractivity contribution in [1.82, 2.24) is 4.90 Å². The van der Waals surface area contributed by atoms with E-state index < -0.39 is 8.07 Å². The lowest BCUT2D eigenvalue weighted by molar-refractivity contribution is 0.540. The molecule has 1 heterocycles. The number of likely N-dealkylation sites (N-methyl/N-ethyl adjacent to an activating group) is 1. The van der Waals surface area contributed by atoms with Crippen LogP contribution in [0, 0.1) is 11.5 Å². The van der Waals surface area contributed by atoms with Gasteiger partial charge in [-0.15, -0.1) is 11.5 Å². The molecule has 1 rings (SSSR count). The Bertz CT molecular complexity index is 304. The van der Waals surface area contributed by atoms with E-state index in [1.165, 1.54) is 18.7 Å². The molecule has 3 heteroatoms. The Hall–Kier alpha value is -0.753. The summed E-state index contributed by atoms with van der Waals surface area (Å²) in [7, 11) is 0.989. The molecule has 0 aromatic heterocycles. The van der Waals surface area contributed by atoms with E-state index in [9.17, 15) is 0 Å². The Balaban J connectivity index is 2.10. The lowest BCUT2D eigenvalue weighted by Gasteiger charge is -2.12. The Morgan fingerprint density at radius 2 is 2.06 bits per heavy atom. The maximum Gasteiger partial charge on any atom is 0.129 e. The van der Waals surface area contributed by atoms with Crippen molar-refractivity contribution in [2.75, 3.05) is 20.1 Å². The third-order valence-electron chi connectivity index (χ3n) is 2.59. The van der Waals surface area contributed by atoms with Gasteiger partial charge in [0.05, 0.1) is 12.4 Å². The van der Waals surface area contributed by atoms with Gasteiger partial charge in [0.2, 0.25) is 0 Å². The molecule has 0 N–H and O–H groups in total. The Kier molecular flexibility index (Phi) is 5.07. The predicted molar refractivity (Wildman–Crippen MR) is 74.5 cm³/mol. The van der Waals surface area contributed by atoms with Crippen LogP contribution in [0.25, 0.3) is 0 Å². The second kappa shape index (κ2) is 6.10. The van der Waals surface area contributed by atoms with Gasteiger partial charge in [-0.1, -0.05) is 19.6 Å². The van der Waals surface area contributed by atoms with Gasteiger partial charge in [0.25, 0.3) is 0 Å². The second-order valence-corrected chi connectivity index (χ2v) is 10.2. The molecule has 1 aliphatic rings. The SMILES string of the molecule is CN1CCN=C1CCCCC#C[Si](C)(C)C. The highest BCUT2D eigenvalue weighted by atomic mass is 28.3. The van der Waals surface area contributed by atoms with Gasteiger partial charge in [0.1, 0.15) is 8.07 Å². The van der Waals surface area contributed by atoms with Crippen LogP contribution in [0.5, 0.6) is 0 Å². The van der Waals surface area contributed by atoms with Crippen LogP contribution in [0.15, 0.2) is 4.99 Å². The summed E-state index contributed by atoms with van der Waals surface area (Å²) in [4.78, 5) is 6.76. The molecule has 0 spiro atoms. The van der Waals surface area contributed by atoms with Crippen molar-refractivity contribution in [2.45, 2.75) is 45.3 Å². The molecular formula is C13H24N2Si. The molecule has 0 saturated heterocycles. The first-order valence-corrected chi connectivity index (χ1v) is 9.73. The zero-order valence-electron chi connectivity index (χ0n) is 11.1. The van der Waals surface area contributed by atoms with Gasteiger partial charge in [-0.2, -0.15) is 0 Å². The molecule has 16 heavy (non-hydrogen) atoms. The summed E-state index contributed by atoms with van der Waals surface area (Å²) in [6.07, 6.45) is 4.63. The van der Waals surface area contributed by atoms with Crippen molar-refractivity contribution >= 4 is 13.9 Å². The van der Waals surface area contributed by atoms with Crippen molar-refractivity contribution in [3.8, 4) is 11.5 Å². The van der Waals surface area contributed by atoms with Crippen molar-refractivity contribution in [3.63, 3.8) is 0 Å². The normalized spacial score (nSPS) is 15.8. The van der Waals surface area contributed by atoms with Crippen molar-refractivity contribution in [1.29, 1.82) is 0 Å². The minimum absolute atomic E-state index is 0.987. The molecule has 0 aliphatic carbocycles.